The Morgan fingerprint density at radius 3 is 2.03 bits per heavy atom. The third-order valence-electron chi connectivity index (χ3n) is 3.92. The molecule has 0 aliphatic carbocycles. The summed E-state index contributed by atoms with van der Waals surface area (Å²) in [5.41, 5.74) is 4.85. The number of carbonyl (C=O) groups excluding carboxylic acids is 2. The van der Waals surface area contributed by atoms with Gasteiger partial charge >= 0.3 is 0 Å². The Labute approximate surface area is 176 Å². The van der Waals surface area contributed by atoms with Gasteiger partial charge in [-0.25, -0.2) is 12.8 Å². The van der Waals surface area contributed by atoms with Crippen molar-refractivity contribution >= 4 is 39.1 Å². The van der Waals surface area contributed by atoms with E-state index in [1.54, 1.807) is 30.3 Å². The molecule has 0 unspecified atom stereocenters. The van der Waals surface area contributed by atoms with Crippen molar-refractivity contribution in [2.24, 2.45) is 0 Å². The second-order valence-electron chi connectivity index (χ2n) is 6.03. The van der Waals surface area contributed by atoms with Gasteiger partial charge in [0.15, 0.2) is 0 Å². The third-order valence-corrected chi connectivity index (χ3v) is 5.63. The molecule has 154 valence electrons. The van der Waals surface area contributed by atoms with Crippen LogP contribution in [0, 0.1) is 5.82 Å². The molecule has 0 saturated carbocycles. The van der Waals surface area contributed by atoms with E-state index in [4.69, 9.17) is 11.6 Å². The molecule has 0 aliphatic rings. The Kier molecular flexibility index (Phi) is 6.34. The first-order valence-corrected chi connectivity index (χ1v) is 10.4. The van der Waals surface area contributed by atoms with Crippen molar-refractivity contribution in [3.05, 3.63) is 94.8 Å². The number of rotatable bonds is 5. The fourth-order valence-corrected chi connectivity index (χ4v) is 3.70. The largest absolute Gasteiger partial charge is 0.278 e. The summed E-state index contributed by atoms with van der Waals surface area (Å²) >= 11 is 6.04. The molecule has 0 spiro atoms. The van der Waals surface area contributed by atoms with Gasteiger partial charge in [-0.3, -0.25) is 25.2 Å². The van der Waals surface area contributed by atoms with Crippen LogP contribution in [0.25, 0.3) is 0 Å². The molecular formula is C20H15ClFN3O4S. The lowest BCUT2D eigenvalue weighted by molar-refractivity contribution is 0.0846. The number of carbonyl (C=O) groups is 2. The van der Waals surface area contributed by atoms with Crippen LogP contribution in [-0.4, -0.2) is 20.2 Å². The fourth-order valence-electron chi connectivity index (χ4n) is 2.41. The van der Waals surface area contributed by atoms with Crippen LogP contribution in [-0.2, 0) is 10.0 Å². The molecule has 0 heterocycles. The average molecular weight is 448 g/mol. The summed E-state index contributed by atoms with van der Waals surface area (Å²) in [6.07, 6.45) is 0. The van der Waals surface area contributed by atoms with E-state index in [1.807, 2.05) is 0 Å². The van der Waals surface area contributed by atoms with Crippen LogP contribution in [0.15, 0.2) is 77.7 Å². The molecule has 3 rings (SSSR count). The number of benzene rings is 3. The number of anilines is 1. The lowest BCUT2D eigenvalue weighted by atomic mass is 10.2. The van der Waals surface area contributed by atoms with E-state index in [-0.39, 0.29) is 21.2 Å². The number of hydrazine groups is 1. The highest BCUT2D eigenvalue weighted by Crippen LogP contribution is 2.26. The molecule has 3 aromatic carbocycles. The molecule has 10 heteroatoms. The number of halogens is 2. The first-order valence-electron chi connectivity index (χ1n) is 8.50. The Morgan fingerprint density at radius 1 is 0.800 bits per heavy atom. The van der Waals surface area contributed by atoms with Gasteiger partial charge in [-0.2, -0.15) is 0 Å². The Morgan fingerprint density at radius 2 is 1.40 bits per heavy atom. The fraction of sp³-hybridized carbons (Fsp3) is 0. The van der Waals surface area contributed by atoms with Crippen LogP contribution in [0.1, 0.15) is 20.7 Å². The third kappa shape index (κ3) is 5.13. The second-order valence-corrected chi connectivity index (χ2v) is 8.12. The van der Waals surface area contributed by atoms with E-state index in [0.29, 0.717) is 5.56 Å². The lowest BCUT2D eigenvalue weighted by Gasteiger charge is -2.12. The first kappa shape index (κ1) is 21.3. The van der Waals surface area contributed by atoms with Crippen LogP contribution in [0.3, 0.4) is 0 Å². The average Bonchev–Trinajstić information content (AvgIpc) is 2.74. The zero-order valence-corrected chi connectivity index (χ0v) is 16.8. The van der Waals surface area contributed by atoms with Gasteiger partial charge in [0.25, 0.3) is 21.8 Å². The van der Waals surface area contributed by atoms with Crippen LogP contribution >= 0.6 is 11.6 Å². The van der Waals surface area contributed by atoms with E-state index >= 15 is 0 Å². The van der Waals surface area contributed by atoms with E-state index in [1.165, 1.54) is 18.2 Å². The number of sulfonamides is 1. The minimum atomic E-state index is -4.06. The quantitative estimate of drug-likeness (QED) is 0.521. The second kappa shape index (κ2) is 8.93. The van der Waals surface area contributed by atoms with Gasteiger partial charge in [-0.05, 0) is 54.6 Å². The Balaban J connectivity index is 1.73. The molecule has 0 bridgehead atoms. The van der Waals surface area contributed by atoms with Crippen molar-refractivity contribution in [2.45, 2.75) is 4.90 Å². The predicted octanol–water partition coefficient (Wildman–Crippen LogP) is 3.35. The van der Waals surface area contributed by atoms with Crippen LogP contribution < -0.4 is 15.6 Å². The zero-order valence-electron chi connectivity index (χ0n) is 15.2. The summed E-state index contributed by atoms with van der Waals surface area (Å²) in [4.78, 5) is 24.2. The molecule has 3 N–H and O–H groups in total. The normalized spacial score (nSPS) is 10.9. The molecule has 2 amide bonds. The molecule has 0 fully saturated rings. The molecule has 0 aliphatic heterocycles. The standard InChI is InChI=1S/C20H15ClFN3O4S/c21-17-11-6-14(20(27)24-23-19(26)13-4-2-1-3-5-13)12-18(17)25-30(28,29)16-9-7-15(22)8-10-16/h1-12,25H,(H,23,26)(H,24,27). The van der Waals surface area contributed by atoms with Gasteiger partial charge in [-0.1, -0.05) is 29.8 Å². The van der Waals surface area contributed by atoms with Crippen molar-refractivity contribution in [3.63, 3.8) is 0 Å². The molecule has 30 heavy (non-hydrogen) atoms. The lowest BCUT2D eigenvalue weighted by Crippen LogP contribution is -2.41. The summed E-state index contributed by atoms with van der Waals surface area (Å²) in [7, 11) is -4.06. The Bertz CT molecular complexity index is 1190. The van der Waals surface area contributed by atoms with Crippen molar-refractivity contribution < 1.29 is 22.4 Å². The summed E-state index contributed by atoms with van der Waals surface area (Å²) in [5, 5.41) is 0.0468. The van der Waals surface area contributed by atoms with E-state index < -0.39 is 27.7 Å². The van der Waals surface area contributed by atoms with E-state index in [0.717, 1.165) is 24.3 Å². The van der Waals surface area contributed by atoms with Gasteiger partial charge in [0, 0.05) is 11.1 Å². The SMILES string of the molecule is O=C(NNC(=O)c1ccc(Cl)c(NS(=O)(=O)c2ccc(F)cc2)c1)c1ccccc1. The number of hydrogen-bond acceptors (Lipinski definition) is 4. The maximum absolute atomic E-state index is 13.0. The van der Waals surface area contributed by atoms with Gasteiger partial charge in [0.2, 0.25) is 0 Å². The van der Waals surface area contributed by atoms with Crippen LogP contribution in [0.4, 0.5) is 10.1 Å². The van der Waals surface area contributed by atoms with Gasteiger partial charge in [0.1, 0.15) is 5.82 Å². The van der Waals surface area contributed by atoms with Gasteiger partial charge < -0.3 is 0 Å². The highest BCUT2D eigenvalue weighted by atomic mass is 35.5. The molecule has 7 nitrogen and oxygen atoms in total. The van der Waals surface area contributed by atoms with Crippen LogP contribution in [0.5, 0.6) is 0 Å². The zero-order chi connectivity index (χ0) is 21.7. The Hall–Kier alpha value is -3.43. The van der Waals surface area contributed by atoms with Gasteiger partial charge in [0.05, 0.1) is 15.6 Å². The highest BCUT2D eigenvalue weighted by molar-refractivity contribution is 7.92. The molecule has 3 aromatic rings. The van der Waals surface area contributed by atoms with Crippen molar-refractivity contribution in [1.82, 2.24) is 10.9 Å². The minimum Gasteiger partial charge on any atom is -0.278 e. The topological polar surface area (TPSA) is 104 Å². The summed E-state index contributed by atoms with van der Waals surface area (Å²) in [5.74, 6) is -1.78. The molecule has 0 saturated heterocycles. The monoisotopic (exact) mass is 447 g/mol. The maximum atomic E-state index is 13.0. The first-order chi connectivity index (χ1) is 14.3. The molecule has 0 aromatic heterocycles. The summed E-state index contributed by atoms with van der Waals surface area (Å²) < 4.78 is 40.2. The molecule has 0 radical (unpaired) electrons. The maximum Gasteiger partial charge on any atom is 0.269 e. The van der Waals surface area contributed by atoms with Crippen LogP contribution in [0.2, 0.25) is 5.02 Å². The van der Waals surface area contributed by atoms with Gasteiger partial charge in [-0.15, -0.1) is 0 Å². The summed E-state index contributed by atoms with van der Waals surface area (Å²) in [6, 6.07) is 16.4. The van der Waals surface area contributed by atoms with Crippen molar-refractivity contribution in [3.8, 4) is 0 Å². The molecular weight excluding hydrogens is 433 g/mol. The number of amides is 2. The smallest absolute Gasteiger partial charge is 0.269 e. The van der Waals surface area contributed by atoms with E-state index in [9.17, 15) is 22.4 Å². The number of nitrogens with one attached hydrogen (secondary N) is 3. The summed E-state index contributed by atoms with van der Waals surface area (Å²) in [6.45, 7) is 0. The highest BCUT2D eigenvalue weighted by Gasteiger charge is 2.18. The van der Waals surface area contributed by atoms with E-state index in [2.05, 4.69) is 15.6 Å². The minimum absolute atomic E-state index is 0.0459. The number of hydrogen-bond donors (Lipinski definition) is 3. The van der Waals surface area contributed by atoms with Crippen molar-refractivity contribution in [1.29, 1.82) is 0 Å². The molecule has 0 atom stereocenters. The predicted molar refractivity (Wildman–Crippen MR) is 110 cm³/mol. The van der Waals surface area contributed by atoms with Crippen molar-refractivity contribution in [2.75, 3.05) is 4.72 Å².